The minimum Gasteiger partial charge on any atom is -0.445 e. The van der Waals surface area contributed by atoms with E-state index in [1.165, 1.54) is 0 Å². The quantitative estimate of drug-likeness (QED) is 0.613. The highest BCUT2D eigenvalue weighted by Gasteiger charge is 2.64. The van der Waals surface area contributed by atoms with Crippen LogP contribution in [0.2, 0.25) is 0 Å². The predicted molar refractivity (Wildman–Crippen MR) is 86.0 cm³/mol. The molecule has 120 valence electrons. The second kappa shape index (κ2) is 6.67. The second-order valence-electron chi connectivity index (χ2n) is 5.42. The van der Waals surface area contributed by atoms with Gasteiger partial charge in [0, 0.05) is 12.6 Å². The molecule has 2 rings (SSSR count). The fraction of sp³-hybridized carbons (Fsp3) is 0.438. The molecule has 1 N–H and O–H groups in total. The van der Waals surface area contributed by atoms with Crippen molar-refractivity contribution in [1.82, 2.24) is 5.32 Å². The molecule has 3 atom stereocenters. The zero-order valence-corrected chi connectivity index (χ0v) is 13.8. The summed E-state index contributed by atoms with van der Waals surface area (Å²) >= 11 is 0. The average molecular weight is 323 g/mol. The molecule has 1 unspecified atom stereocenters. The summed E-state index contributed by atoms with van der Waals surface area (Å²) in [5.74, 6) is -0.0563. The molecule has 1 aromatic carbocycles. The van der Waals surface area contributed by atoms with Gasteiger partial charge in [-0.05, 0) is 18.9 Å². The lowest BCUT2D eigenvalue weighted by atomic mass is 10.2. The normalized spacial score (nSPS) is 25.8. The molecule has 1 aliphatic rings. The van der Waals surface area contributed by atoms with Gasteiger partial charge in [0.1, 0.15) is 11.9 Å². The maximum absolute atomic E-state index is 12.7. The van der Waals surface area contributed by atoms with Gasteiger partial charge in [0.05, 0.1) is 6.61 Å². The zero-order valence-electron chi connectivity index (χ0n) is 13.0. The number of carbonyl (C=O) groups is 1. The van der Waals surface area contributed by atoms with Crippen LogP contribution >= 0.6 is 7.37 Å². The highest BCUT2D eigenvalue weighted by atomic mass is 31.2. The van der Waals surface area contributed by atoms with Crippen molar-refractivity contribution in [2.24, 2.45) is 5.92 Å². The third-order valence-electron chi connectivity index (χ3n) is 3.90. The molecular formula is C16H22NO4P. The van der Waals surface area contributed by atoms with E-state index < -0.39 is 18.7 Å². The van der Waals surface area contributed by atoms with Crippen molar-refractivity contribution in [2.45, 2.75) is 25.2 Å². The molecular weight excluding hydrogens is 301 g/mol. The molecule has 0 spiro atoms. The summed E-state index contributed by atoms with van der Waals surface area (Å²) in [6, 6.07) is 9.40. The summed E-state index contributed by atoms with van der Waals surface area (Å²) in [6.45, 7) is 7.56. The van der Waals surface area contributed by atoms with Crippen molar-refractivity contribution in [1.29, 1.82) is 0 Å². The van der Waals surface area contributed by atoms with Crippen LogP contribution in [0.15, 0.2) is 43.0 Å². The lowest BCUT2D eigenvalue weighted by Gasteiger charge is -2.25. The van der Waals surface area contributed by atoms with Crippen molar-refractivity contribution in [3.8, 4) is 0 Å². The first-order valence-corrected chi connectivity index (χ1v) is 9.36. The van der Waals surface area contributed by atoms with Crippen LogP contribution in [0.4, 0.5) is 4.79 Å². The third kappa shape index (κ3) is 3.42. The molecule has 5 nitrogen and oxygen atoms in total. The number of hydrogen-bond donors (Lipinski definition) is 1. The second-order valence-corrected chi connectivity index (χ2v) is 8.17. The van der Waals surface area contributed by atoms with E-state index in [0.29, 0.717) is 13.0 Å². The molecule has 6 heteroatoms. The molecule has 0 heterocycles. The Morgan fingerprint density at radius 1 is 1.50 bits per heavy atom. The lowest BCUT2D eigenvalue weighted by Crippen LogP contribution is -2.39. The van der Waals surface area contributed by atoms with Crippen LogP contribution < -0.4 is 5.32 Å². The molecule has 0 saturated heterocycles. The van der Waals surface area contributed by atoms with Crippen LogP contribution in [0, 0.1) is 5.92 Å². The largest absolute Gasteiger partial charge is 0.445 e. The standard InChI is InChI=1S/C16H22NO4P/c1-4-14-11-16(14,22(3,19)21-5-2)17-15(18)20-12-13-9-7-6-8-10-13/h4,6-10,14H,1,5,11-12H2,2-3H3,(H,17,18)/t14-,16+,22?/m1/s1. The molecule has 0 aromatic heterocycles. The first-order valence-electron chi connectivity index (χ1n) is 7.28. The highest BCUT2D eigenvalue weighted by molar-refractivity contribution is 7.60. The van der Waals surface area contributed by atoms with Gasteiger partial charge in [-0.2, -0.15) is 0 Å². The van der Waals surface area contributed by atoms with E-state index >= 15 is 0 Å². The number of ether oxygens (including phenoxy) is 1. The molecule has 1 saturated carbocycles. The van der Waals surface area contributed by atoms with E-state index in [9.17, 15) is 9.36 Å². The minimum atomic E-state index is -2.99. The summed E-state index contributed by atoms with van der Waals surface area (Å²) < 4.78 is 23.3. The van der Waals surface area contributed by atoms with Gasteiger partial charge in [-0.1, -0.05) is 36.4 Å². The van der Waals surface area contributed by atoms with Crippen LogP contribution in [0.25, 0.3) is 0 Å². The molecule has 0 bridgehead atoms. The van der Waals surface area contributed by atoms with Crippen molar-refractivity contribution in [3.63, 3.8) is 0 Å². The Bertz CT molecular complexity index is 589. The molecule has 1 fully saturated rings. The number of nitrogens with one attached hydrogen (secondary N) is 1. The monoisotopic (exact) mass is 323 g/mol. The van der Waals surface area contributed by atoms with Gasteiger partial charge in [-0.15, -0.1) is 6.58 Å². The Morgan fingerprint density at radius 3 is 2.73 bits per heavy atom. The minimum absolute atomic E-state index is 0.0563. The number of carbonyl (C=O) groups excluding carboxylic acids is 1. The Kier molecular flexibility index (Phi) is 5.09. The average Bonchev–Trinajstić information content (AvgIpc) is 3.21. The van der Waals surface area contributed by atoms with E-state index in [-0.39, 0.29) is 12.5 Å². The van der Waals surface area contributed by atoms with Crippen LogP contribution in [-0.4, -0.2) is 24.6 Å². The van der Waals surface area contributed by atoms with Gasteiger partial charge in [0.2, 0.25) is 7.37 Å². The van der Waals surface area contributed by atoms with Gasteiger partial charge in [-0.25, -0.2) is 4.79 Å². The van der Waals surface area contributed by atoms with E-state index in [2.05, 4.69) is 11.9 Å². The van der Waals surface area contributed by atoms with Crippen molar-refractivity contribution in [2.75, 3.05) is 13.3 Å². The Balaban J connectivity index is 1.99. The number of amides is 1. The summed E-state index contributed by atoms with van der Waals surface area (Å²) in [4.78, 5) is 12.0. The van der Waals surface area contributed by atoms with Gasteiger partial charge in [0.25, 0.3) is 0 Å². The first-order chi connectivity index (χ1) is 10.4. The molecule has 0 radical (unpaired) electrons. The Morgan fingerprint density at radius 2 is 2.18 bits per heavy atom. The Labute approximate surface area is 131 Å². The number of benzene rings is 1. The van der Waals surface area contributed by atoms with E-state index in [1.54, 1.807) is 19.7 Å². The molecule has 0 aliphatic heterocycles. The fourth-order valence-electron chi connectivity index (χ4n) is 2.56. The maximum atomic E-state index is 12.7. The SMILES string of the molecule is C=C[C@@H]1C[C@]1(NC(=O)OCc1ccccc1)P(C)(=O)OCC. The number of rotatable bonds is 7. The van der Waals surface area contributed by atoms with Crippen molar-refractivity contribution in [3.05, 3.63) is 48.6 Å². The predicted octanol–water partition coefficient (Wildman–Crippen LogP) is 3.76. The lowest BCUT2D eigenvalue weighted by molar-refractivity contribution is 0.136. The molecule has 22 heavy (non-hydrogen) atoms. The van der Waals surface area contributed by atoms with Crippen molar-refractivity contribution >= 4 is 13.5 Å². The van der Waals surface area contributed by atoms with E-state index in [4.69, 9.17) is 9.26 Å². The summed E-state index contributed by atoms with van der Waals surface area (Å²) in [5, 5.41) is 1.87. The van der Waals surface area contributed by atoms with Crippen LogP contribution in [0.5, 0.6) is 0 Å². The topological polar surface area (TPSA) is 64.6 Å². The maximum Gasteiger partial charge on any atom is 0.408 e. The van der Waals surface area contributed by atoms with Gasteiger partial charge in [0.15, 0.2) is 0 Å². The summed E-state index contributed by atoms with van der Waals surface area (Å²) in [7, 11) is -2.99. The number of alkyl carbamates (subject to hydrolysis) is 1. The van der Waals surface area contributed by atoms with E-state index in [0.717, 1.165) is 5.56 Å². The fourth-order valence-corrected chi connectivity index (χ4v) is 4.82. The van der Waals surface area contributed by atoms with Crippen molar-refractivity contribution < 1.29 is 18.6 Å². The molecule has 1 amide bonds. The first kappa shape index (κ1) is 16.8. The smallest absolute Gasteiger partial charge is 0.408 e. The van der Waals surface area contributed by atoms with Crippen LogP contribution in [-0.2, 0) is 20.4 Å². The van der Waals surface area contributed by atoms with Crippen LogP contribution in [0.1, 0.15) is 18.9 Å². The number of hydrogen-bond acceptors (Lipinski definition) is 4. The van der Waals surface area contributed by atoms with Gasteiger partial charge < -0.3 is 14.6 Å². The third-order valence-corrected chi connectivity index (χ3v) is 6.73. The van der Waals surface area contributed by atoms with Crippen LogP contribution in [0.3, 0.4) is 0 Å². The summed E-state index contributed by atoms with van der Waals surface area (Å²) in [5.41, 5.74) is 0.896. The summed E-state index contributed by atoms with van der Waals surface area (Å²) in [6.07, 6.45) is 1.67. The van der Waals surface area contributed by atoms with E-state index in [1.807, 2.05) is 30.3 Å². The zero-order chi connectivity index (χ0) is 16.2. The highest BCUT2D eigenvalue weighted by Crippen LogP contribution is 2.70. The molecule has 1 aromatic rings. The van der Waals surface area contributed by atoms with Gasteiger partial charge in [-0.3, -0.25) is 4.57 Å². The Hall–Kier alpha value is -1.58. The van der Waals surface area contributed by atoms with Gasteiger partial charge >= 0.3 is 6.09 Å². The molecule has 1 aliphatic carbocycles.